The lowest BCUT2D eigenvalue weighted by Gasteiger charge is -2.31. The minimum absolute atomic E-state index is 0.00459. The topological polar surface area (TPSA) is 129 Å². The molecule has 3 rings (SSSR count). The van der Waals surface area contributed by atoms with Crippen LogP contribution in [0.1, 0.15) is 21.3 Å². The third-order valence-electron chi connectivity index (χ3n) is 4.61. The first-order chi connectivity index (χ1) is 13.5. The van der Waals surface area contributed by atoms with Gasteiger partial charge in [-0.15, -0.1) is 11.3 Å². The fraction of sp³-hybridized carbons (Fsp3) is 0.353. The molecule has 148 valence electrons. The van der Waals surface area contributed by atoms with Crippen LogP contribution < -0.4 is 10.2 Å². The van der Waals surface area contributed by atoms with Crippen LogP contribution in [-0.2, 0) is 4.74 Å². The third kappa shape index (κ3) is 4.50. The second-order valence-electron chi connectivity index (χ2n) is 6.26. The molecule has 0 spiro atoms. The third-order valence-corrected chi connectivity index (χ3v) is 5.60. The van der Waals surface area contributed by atoms with Gasteiger partial charge in [-0.1, -0.05) is 6.07 Å². The van der Waals surface area contributed by atoms with Crippen molar-refractivity contribution in [2.75, 3.05) is 32.8 Å². The number of ether oxygens (including phenoxy) is 1. The number of nitro benzene ring substituents is 2. The number of hydrogen-bond donors (Lipinski definition) is 2. The average Bonchev–Trinajstić information content (AvgIpc) is 3.22. The Balaban J connectivity index is 1.77. The Morgan fingerprint density at radius 1 is 1.21 bits per heavy atom. The van der Waals surface area contributed by atoms with Gasteiger partial charge in [0.25, 0.3) is 17.3 Å². The lowest BCUT2D eigenvalue weighted by molar-refractivity contribution is -0.937. The molecule has 2 N–H and O–H groups in total. The molecule has 1 aliphatic heterocycles. The quantitative estimate of drug-likeness (QED) is 0.519. The number of non-ortho nitro benzene ring substituents is 1. The standard InChI is InChI=1S/C17H18N4O6S/c22-17(13-4-3-12(20(23)24)10-14(13)21(25)26)18-11-15(16-2-1-9-28-16)19-5-7-27-8-6-19/h1-4,9-10,15H,5-8,11H2,(H,18,22)/p+1/t15-/m1/s1. The molecule has 0 radical (unpaired) electrons. The Hall–Kier alpha value is -2.89. The van der Waals surface area contributed by atoms with Gasteiger partial charge in [-0.3, -0.25) is 25.0 Å². The molecule has 28 heavy (non-hydrogen) atoms. The number of morpholine rings is 1. The summed E-state index contributed by atoms with van der Waals surface area (Å²) in [5, 5.41) is 26.8. The summed E-state index contributed by atoms with van der Waals surface area (Å²) < 4.78 is 5.40. The maximum Gasteiger partial charge on any atom is 0.289 e. The minimum atomic E-state index is -0.786. The van der Waals surface area contributed by atoms with Crippen molar-refractivity contribution in [1.29, 1.82) is 0 Å². The molecule has 10 nitrogen and oxygen atoms in total. The predicted octanol–water partition coefficient (Wildman–Crippen LogP) is 0.951. The van der Waals surface area contributed by atoms with Crippen molar-refractivity contribution in [2.45, 2.75) is 6.04 Å². The highest BCUT2D eigenvalue weighted by Gasteiger charge is 2.29. The number of carbonyl (C=O) groups excluding carboxylic acids is 1. The Bertz CT molecular complexity index is 867. The zero-order valence-corrected chi connectivity index (χ0v) is 15.6. The average molecular weight is 407 g/mol. The number of benzene rings is 1. The number of nitrogens with one attached hydrogen (secondary N) is 2. The van der Waals surface area contributed by atoms with E-state index >= 15 is 0 Å². The minimum Gasteiger partial charge on any atom is -0.370 e. The molecule has 0 bridgehead atoms. The van der Waals surface area contributed by atoms with Crippen LogP contribution in [0.2, 0.25) is 0 Å². The van der Waals surface area contributed by atoms with E-state index in [0.717, 1.165) is 36.2 Å². The number of nitro groups is 2. The highest BCUT2D eigenvalue weighted by molar-refractivity contribution is 7.10. The van der Waals surface area contributed by atoms with Gasteiger partial charge in [-0.25, -0.2) is 0 Å². The lowest BCUT2D eigenvalue weighted by atomic mass is 10.1. The van der Waals surface area contributed by atoms with Gasteiger partial charge >= 0.3 is 0 Å². The lowest BCUT2D eigenvalue weighted by Crippen LogP contribution is -3.15. The van der Waals surface area contributed by atoms with Crippen LogP contribution in [0.4, 0.5) is 11.4 Å². The molecule has 0 aliphatic carbocycles. The predicted molar refractivity (Wildman–Crippen MR) is 101 cm³/mol. The molecule has 2 heterocycles. The van der Waals surface area contributed by atoms with Crippen molar-refractivity contribution < 1.29 is 24.3 Å². The Kier molecular flexibility index (Phi) is 6.29. The maximum absolute atomic E-state index is 12.6. The second kappa shape index (κ2) is 8.87. The monoisotopic (exact) mass is 407 g/mol. The van der Waals surface area contributed by atoms with E-state index < -0.39 is 27.1 Å². The molecule has 1 fully saturated rings. The molecule has 2 aromatic rings. The first-order valence-corrected chi connectivity index (χ1v) is 9.52. The Morgan fingerprint density at radius 2 is 1.96 bits per heavy atom. The van der Waals surface area contributed by atoms with Gasteiger partial charge in [0.1, 0.15) is 24.7 Å². The number of hydrogen-bond acceptors (Lipinski definition) is 7. The molecule has 0 unspecified atom stereocenters. The molecule has 1 aromatic carbocycles. The van der Waals surface area contributed by atoms with E-state index in [1.54, 1.807) is 11.3 Å². The summed E-state index contributed by atoms with van der Waals surface area (Å²) in [5.74, 6) is -0.629. The normalized spacial score (nSPS) is 15.7. The molecule has 1 aromatic heterocycles. The SMILES string of the molecule is O=C(NC[C@H](c1cccs1)[NH+]1CCOCC1)c1ccc([N+](=O)[O-])cc1[N+](=O)[O-]. The van der Waals surface area contributed by atoms with E-state index in [2.05, 4.69) is 5.32 Å². The van der Waals surface area contributed by atoms with Crippen LogP contribution in [0.25, 0.3) is 0 Å². The van der Waals surface area contributed by atoms with Gasteiger partial charge in [0.2, 0.25) is 0 Å². The largest absolute Gasteiger partial charge is 0.370 e. The summed E-state index contributed by atoms with van der Waals surface area (Å²) in [6.45, 7) is 3.17. The molecule has 1 amide bonds. The number of amides is 1. The van der Waals surface area contributed by atoms with Crippen LogP contribution in [0.15, 0.2) is 35.7 Å². The maximum atomic E-state index is 12.6. The number of nitrogens with zero attached hydrogens (tertiary/aromatic N) is 2. The number of thiophene rings is 1. The smallest absolute Gasteiger partial charge is 0.289 e. The zero-order chi connectivity index (χ0) is 20.1. The molecule has 1 atom stereocenters. The summed E-state index contributed by atoms with van der Waals surface area (Å²) in [5.41, 5.74) is -1.21. The van der Waals surface area contributed by atoms with Gasteiger partial charge in [0, 0.05) is 6.07 Å². The van der Waals surface area contributed by atoms with Crippen molar-refractivity contribution in [2.24, 2.45) is 0 Å². The van der Waals surface area contributed by atoms with E-state index in [0.29, 0.717) is 19.8 Å². The molecule has 11 heteroatoms. The number of quaternary nitrogens is 1. The highest BCUT2D eigenvalue weighted by Crippen LogP contribution is 2.25. The summed E-state index contributed by atoms with van der Waals surface area (Å²) in [6, 6.07) is 6.96. The highest BCUT2D eigenvalue weighted by atomic mass is 32.1. The van der Waals surface area contributed by atoms with Gasteiger partial charge < -0.3 is 15.0 Å². The summed E-state index contributed by atoms with van der Waals surface area (Å²) >= 11 is 1.59. The van der Waals surface area contributed by atoms with E-state index in [1.807, 2.05) is 17.5 Å². The summed E-state index contributed by atoms with van der Waals surface area (Å²) in [4.78, 5) is 35.6. The van der Waals surface area contributed by atoms with Crippen molar-refractivity contribution in [1.82, 2.24) is 5.32 Å². The summed E-state index contributed by atoms with van der Waals surface area (Å²) in [7, 11) is 0. The molecule has 0 saturated carbocycles. The first kappa shape index (κ1) is 19.9. The van der Waals surface area contributed by atoms with Crippen molar-refractivity contribution in [3.05, 3.63) is 66.4 Å². The van der Waals surface area contributed by atoms with Crippen LogP contribution in [0.5, 0.6) is 0 Å². The van der Waals surface area contributed by atoms with Crippen molar-refractivity contribution >= 4 is 28.6 Å². The zero-order valence-electron chi connectivity index (χ0n) is 14.8. The van der Waals surface area contributed by atoms with Crippen molar-refractivity contribution in [3.8, 4) is 0 Å². The Labute approximate surface area is 164 Å². The van der Waals surface area contributed by atoms with Gasteiger partial charge in [0.15, 0.2) is 0 Å². The van der Waals surface area contributed by atoms with Gasteiger partial charge in [-0.2, -0.15) is 0 Å². The number of rotatable bonds is 7. The first-order valence-electron chi connectivity index (χ1n) is 8.64. The van der Waals surface area contributed by atoms with Gasteiger partial charge in [-0.05, 0) is 17.5 Å². The number of carbonyl (C=O) groups is 1. The summed E-state index contributed by atoms with van der Waals surface area (Å²) in [6.07, 6.45) is 0. The van der Waals surface area contributed by atoms with E-state index in [4.69, 9.17) is 4.74 Å². The fourth-order valence-corrected chi connectivity index (χ4v) is 4.07. The Morgan fingerprint density at radius 3 is 2.57 bits per heavy atom. The molecular weight excluding hydrogens is 388 g/mol. The van der Waals surface area contributed by atoms with Crippen LogP contribution in [0.3, 0.4) is 0 Å². The fourth-order valence-electron chi connectivity index (χ4n) is 3.18. The second-order valence-corrected chi connectivity index (χ2v) is 7.24. The van der Waals surface area contributed by atoms with Crippen LogP contribution in [0, 0.1) is 20.2 Å². The van der Waals surface area contributed by atoms with Gasteiger partial charge in [0.05, 0.1) is 40.5 Å². The van der Waals surface area contributed by atoms with Crippen LogP contribution in [-0.4, -0.2) is 48.6 Å². The molecule has 1 aliphatic rings. The van der Waals surface area contributed by atoms with Crippen LogP contribution >= 0.6 is 11.3 Å². The molecule has 1 saturated heterocycles. The van der Waals surface area contributed by atoms with E-state index in [-0.39, 0.29) is 11.6 Å². The van der Waals surface area contributed by atoms with Crippen molar-refractivity contribution in [3.63, 3.8) is 0 Å². The molecular formula is C17H19N4O6S+. The van der Waals surface area contributed by atoms with E-state index in [1.165, 1.54) is 4.90 Å². The van der Waals surface area contributed by atoms with E-state index in [9.17, 15) is 25.0 Å².